The lowest BCUT2D eigenvalue weighted by Gasteiger charge is -2.06. The number of rotatable bonds is 4. The molecule has 0 unspecified atom stereocenters. The third kappa shape index (κ3) is 5.26. The Labute approximate surface area is 160 Å². The molecule has 0 spiro atoms. The maximum atomic E-state index is 8.66. The van der Waals surface area contributed by atoms with E-state index in [0.717, 1.165) is 17.0 Å². The first-order valence-electron chi connectivity index (χ1n) is 9.00. The average Bonchev–Trinajstić information content (AvgIpc) is 3.26. The van der Waals surface area contributed by atoms with Crippen molar-refractivity contribution in [2.24, 2.45) is 10.7 Å². The Balaban J connectivity index is 0.000000180. The fourth-order valence-electron chi connectivity index (χ4n) is 2.76. The molecule has 27 heavy (non-hydrogen) atoms. The summed E-state index contributed by atoms with van der Waals surface area (Å²) in [5, 5.41) is 8.66. The molecule has 2 atom stereocenters. The number of aliphatic imine (C=N–C) groups is 1. The summed E-state index contributed by atoms with van der Waals surface area (Å²) >= 11 is 0. The lowest BCUT2D eigenvalue weighted by atomic mass is 10.1. The maximum absolute atomic E-state index is 8.66. The molecule has 1 heterocycles. The number of hydrogen-bond acceptors (Lipinski definition) is 4. The van der Waals surface area contributed by atoms with Crippen LogP contribution >= 0.6 is 0 Å². The van der Waals surface area contributed by atoms with Gasteiger partial charge in [-0.1, -0.05) is 78.9 Å². The molecule has 0 bridgehead atoms. The number of aliphatic hydroxyl groups excluding tert-OH is 1. The second-order valence-corrected chi connectivity index (χ2v) is 6.24. The molecule has 1 aliphatic heterocycles. The molecule has 0 fully saturated rings. The highest BCUT2D eigenvalue weighted by Crippen LogP contribution is 2.24. The van der Waals surface area contributed by atoms with Crippen LogP contribution in [0.5, 0.6) is 0 Å². The minimum absolute atomic E-state index is 0.00398. The van der Waals surface area contributed by atoms with Crippen LogP contribution in [0.4, 0.5) is 0 Å². The third-order valence-corrected chi connectivity index (χ3v) is 4.28. The summed E-state index contributed by atoms with van der Waals surface area (Å²) in [7, 11) is 0. The molecule has 4 nitrogen and oxygen atoms in total. The summed E-state index contributed by atoms with van der Waals surface area (Å²) < 4.78 is 5.66. The van der Waals surface area contributed by atoms with Crippen LogP contribution in [0.3, 0.4) is 0 Å². The van der Waals surface area contributed by atoms with Gasteiger partial charge in [-0.2, -0.15) is 0 Å². The number of nitrogens with zero attached hydrogens (tertiary/aromatic N) is 1. The minimum Gasteiger partial charge on any atom is -0.475 e. The number of aliphatic hydroxyl groups is 1. The summed E-state index contributed by atoms with van der Waals surface area (Å²) in [6.07, 6.45) is 0. The normalized spacial score (nSPS) is 16.5. The second kappa shape index (κ2) is 9.67. The van der Waals surface area contributed by atoms with Gasteiger partial charge in [0.2, 0.25) is 5.90 Å². The van der Waals surface area contributed by atoms with Gasteiger partial charge < -0.3 is 15.6 Å². The largest absolute Gasteiger partial charge is 0.475 e. The van der Waals surface area contributed by atoms with E-state index in [2.05, 4.69) is 17.1 Å². The van der Waals surface area contributed by atoms with Crippen molar-refractivity contribution in [2.45, 2.75) is 12.1 Å². The Hall–Kier alpha value is -2.95. The lowest BCUT2D eigenvalue weighted by Crippen LogP contribution is -2.13. The first-order valence-corrected chi connectivity index (χ1v) is 9.00. The van der Waals surface area contributed by atoms with Crippen molar-refractivity contribution in [3.8, 4) is 0 Å². The summed E-state index contributed by atoms with van der Waals surface area (Å²) in [6, 6.07) is 29.7. The van der Waals surface area contributed by atoms with Gasteiger partial charge >= 0.3 is 0 Å². The van der Waals surface area contributed by atoms with Crippen molar-refractivity contribution in [1.29, 1.82) is 0 Å². The minimum atomic E-state index is -0.235. The van der Waals surface area contributed by atoms with Crippen LogP contribution in [-0.2, 0) is 4.74 Å². The highest BCUT2D eigenvalue weighted by Gasteiger charge is 2.20. The van der Waals surface area contributed by atoms with E-state index in [1.165, 1.54) is 5.56 Å². The topological polar surface area (TPSA) is 67.8 Å². The molecule has 0 aromatic heterocycles. The van der Waals surface area contributed by atoms with E-state index in [1.807, 2.05) is 78.9 Å². The van der Waals surface area contributed by atoms with Gasteiger partial charge in [-0.3, -0.25) is 0 Å². The zero-order chi connectivity index (χ0) is 18.9. The van der Waals surface area contributed by atoms with E-state index in [4.69, 9.17) is 15.6 Å². The summed E-state index contributed by atoms with van der Waals surface area (Å²) in [6.45, 7) is 0.637. The molecule has 0 amide bonds. The van der Waals surface area contributed by atoms with Gasteiger partial charge in [-0.25, -0.2) is 4.99 Å². The Morgan fingerprint density at radius 2 is 1.44 bits per heavy atom. The zero-order valence-corrected chi connectivity index (χ0v) is 15.1. The van der Waals surface area contributed by atoms with Crippen LogP contribution in [0, 0.1) is 0 Å². The Bertz CT molecular complexity index is 836. The van der Waals surface area contributed by atoms with Crippen LogP contribution in [0.1, 0.15) is 28.8 Å². The van der Waals surface area contributed by atoms with E-state index in [9.17, 15) is 0 Å². The van der Waals surface area contributed by atoms with Crippen molar-refractivity contribution in [1.82, 2.24) is 0 Å². The first-order chi connectivity index (χ1) is 13.3. The SMILES string of the molecule is N[C@@H](CO)c1ccccc1.c1ccc(C2=N[C@H](c3ccccc3)CO2)cc1. The van der Waals surface area contributed by atoms with Crippen molar-refractivity contribution in [2.75, 3.05) is 13.2 Å². The van der Waals surface area contributed by atoms with E-state index < -0.39 is 0 Å². The molecular weight excluding hydrogens is 336 g/mol. The zero-order valence-electron chi connectivity index (χ0n) is 15.1. The molecule has 3 aromatic rings. The Morgan fingerprint density at radius 3 is 2.04 bits per heavy atom. The van der Waals surface area contributed by atoms with Gasteiger partial charge in [0.15, 0.2) is 0 Å². The fourth-order valence-corrected chi connectivity index (χ4v) is 2.76. The van der Waals surface area contributed by atoms with Gasteiger partial charge in [0.1, 0.15) is 12.6 Å². The molecule has 0 saturated heterocycles. The molecule has 1 aliphatic rings. The highest BCUT2D eigenvalue weighted by atomic mass is 16.5. The predicted molar refractivity (Wildman–Crippen MR) is 109 cm³/mol. The molecule has 0 saturated carbocycles. The molecule has 0 radical (unpaired) electrons. The van der Waals surface area contributed by atoms with Crippen molar-refractivity contribution >= 4 is 5.90 Å². The quantitative estimate of drug-likeness (QED) is 0.742. The van der Waals surface area contributed by atoms with Gasteiger partial charge in [-0.15, -0.1) is 0 Å². The first kappa shape index (κ1) is 18.8. The van der Waals surface area contributed by atoms with Crippen LogP contribution in [0.25, 0.3) is 0 Å². The number of ether oxygens (including phenoxy) is 1. The molecule has 138 valence electrons. The van der Waals surface area contributed by atoms with Gasteiger partial charge in [0, 0.05) is 5.56 Å². The smallest absolute Gasteiger partial charge is 0.216 e. The van der Waals surface area contributed by atoms with Gasteiger partial charge in [0.05, 0.1) is 12.6 Å². The lowest BCUT2D eigenvalue weighted by molar-refractivity contribution is 0.268. The fraction of sp³-hybridized carbons (Fsp3) is 0.174. The van der Waals surface area contributed by atoms with Crippen LogP contribution in [0.15, 0.2) is 96.0 Å². The van der Waals surface area contributed by atoms with Crippen molar-refractivity contribution in [3.63, 3.8) is 0 Å². The van der Waals surface area contributed by atoms with Crippen LogP contribution in [0.2, 0.25) is 0 Å². The van der Waals surface area contributed by atoms with Crippen LogP contribution in [-0.4, -0.2) is 24.2 Å². The molecular formula is C23H24N2O2. The Kier molecular flexibility index (Phi) is 6.74. The second-order valence-electron chi connectivity index (χ2n) is 6.24. The monoisotopic (exact) mass is 360 g/mol. The van der Waals surface area contributed by atoms with Crippen LogP contribution < -0.4 is 5.73 Å². The highest BCUT2D eigenvalue weighted by molar-refractivity contribution is 5.95. The third-order valence-electron chi connectivity index (χ3n) is 4.28. The molecule has 3 N–H and O–H groups in total. The maximum Gasteiger partial charge on any atom is 0.216 e. The van der Waals surface area contributed by atoms with Gasteiger partial charge in [0.25, 0.3) is 0 Å². The summed E-state index contributed by atoms with van der Waals surface area (Å²) in [5.74, 6) is 0.749. The molecule has 4 heteroatoms. The van der Waals surface area contributed by atoms with Gasteiger partial charge in [-0.05, 0) is 23.3 Å². The molecule has 0 aliphatic carbocycles. The standard InChI is InChI=1S/C15H13NO.C8H11NO/c1-3-7-12(8-4-1)14-11-17-15(16-14)13-9-5-2-6-10-13;9-8(6-10)7-4-2-1-3-5-7/h1-10,14H,11H2;1-5,8,10H,6,9H2/t14-;8-/m00/s1. The average molecular weight is 360 g/mol. The Morgan fingerprint density at radius 1 is 0.889 bits per heavy atom. The summed E-state index contributed by atoms with van der Waals surface area (Å²) in [4.78, 5) is 4.62. The number of hydrogen-bond donors (Lipinski definition) is 2. The summed E-state index contributed by atoms with van der Waals surface area (Å²) in [5.41, 5.74) is 8.78. The van der Waals surface area contributed by atoms with E-state index in [0.29, 0.717) is 6.61 Å². The van der Waals surface area contributed by atoms with E-state index in [1.54, 1.807) is 0 Å². The predicted octanol–water partition coefficient (Wildman–Crippen LogP) is 3.88. The van der Waals surface area contributed by atoms with Crippen molar-refractivity contribution in [3.05, 3.63) is 108 Å². The molecule has 3 aromatic carbocycles. The van der Waals surface area contributed by atoms with Crippen molar-refractivity contribution < 1.29 is 9.84 Å². The number of nitrogens with two attached hydrogens (primary N) is 1. The van der Waals surface area contributed by atoms with E-state index in [-0.39, 0.29) is 18.7 Å². The number of benzene rings is 3. The van der Waals surface area contributed by atoms with E-state index >= 15 is 0 Å². The molecule has 4 rings (SSSR count).